The molecule has 1 aromatic heterocycles. The average molecular weight is 319 g/mol. The Labute approximate surface area is 111 Å². The van der Waals surface area contributed by atoms with E-state index >= 15 is 0 Å². The van der Waals surface area contributed by atoms with Crippen molar-refractivity contribution in [2.24, 2.45) is 0 Å². The maximum atomic E-state index is 6.03. The zero-order chi connectivity index (χ0) is 11.5. The van der Waals surface area contributed by atoms with Crippen molar-refractivity contribution in [3.63, 3.8) is 0 Å². The predicted octanol–water partition coefficient (Wildman–Crippen LogP) is 4.29. The molecule has 0 fully saturated rings. The summed E-state index contributed by atoms with van der Waals surface area (Å²) >= 11 is 15.1. The Morgan fingerprint density at radius 3 is 2.69 bits per heavy atom. The largest absolute Gasteiger partial charge is 0.339 e. The molecule has 6 heteroatoms. The fraction of sp³-hybridized carbons (Fsp3) is 0. The molecule has 0 unspecified atom stereocenters. The van der Waals surface area contributed by atoms with Gasteiger partial charge in [0.25, 0.3) is 0 Å². The molecule has 82 valence electrons. The number of nitrogens with one attached hydrogen (secondary N) is 1. The summed E-state index contributed by atoms with van der Waals surface area (Å²) in [5.41, 5.74) is 0.755. The zero-order valence-corrected chi connectivity index (χ0v) is 11.0. The van der Waals surface area contributed by atoms with Crippen molar-refractivity contribution in [1.82, 2.24) is 9.97 Å². The summed E-state index contributed by atoms with van der Waals surface area (Å²) in [5.74, 6) is 0.597. The third-order valence-corrected chi connectivity index (χ3v) is 2.85. The van der Waals surface area contributed by atoms with Gasteiger partial charge in [-0.25, -0.2) is 9.97 Å². The lowest BCUT2D eigenvalue weighted by atomic mass is 10.3. The van der Waals surface area contributed by atoms with Crippen LogP contribution in [0.2, 0.25) is 10.2 Å². The molecular weight excluding hydrogens is 313 g/mol. The minimum atomic E-state index is 0.378. The maximum Gasteiger partial charge on any atom is 0.135 e. The van der Waals surface area contributed by atoms with Crippen molar-refractivity contribution in [2.45, 2.75) is 0 Å². The summed E-state index contributed by atoms with van der Waals surface area (Å²) in [7, 11) is 0. The number of halogens is 3. The van der Waals surface area contributed by atoms with Crippen LogP contribution in [0.3, 0.4) is 0 Å². The lowest BCUT2D eigenvalue weighted by Gasteiger charge is -2.07. The Kier molecular flexibility index (Phi) is 3.63. The second-order valence-corrected chi connectivity index (χ2v) is 4.69. The number of aromatic nitrogens is 2. The third kappa shape index (κ3) is 2.84. The number of hydrogen-bond acceptors (Lipinski definition) is 3. The third-order valence-electron chi connectivity index (χ3n) is 1.82. The molecule has 1 heterocycles. The minimum Gasteiger partial charge on any atom is -0.339 e. The van der Waals surface area contributed by atoms with Crippen molar-refractivity contribution < 1.29 is 0 Å². The second-order valence-electron chi connectivity index (χ2n) is 2.98. The predicted molar refractivity (Wildman–Crippen MR) is 69.5 cm³/mol. The molecular formula is C10H6BrCl2N3. The van der Waals surface area contributed by atoms with Gasteiger partial charge in [0.1, 0.15) is 17.3 Å². The standard InChI is InChI=1S/C10H6BrCl2N3/c11-6-1-2-7(12)8(3-6)16-10-4-9(13)14-5-15-10/h1-5H,(H,14,15,16). The zero-order valence-electron chi connectivity index (χ0n) is 7.92. The first kappa shape index (κ1) is 11.6. The molecule has 3 nitrogen and oxygen atoms in total. The van der Waals surface area contributed by atoms with Crippen molar-refractivity contribution in [3.05, 3.63) is 45.2 Å². The summed E-state index contributed by atoms with van der Waals surface area (Å²) in [6.07, 6.45) is 1.39. The van der Waals surface area contributed by atoms with Crippen LogP contribution in [0.25, 0.3) is 0 Å². The van der Waals surface area contributed by atoms with Gasteiger partial charge in [0, 0.05) is 10.5 Å². The van der Waals surface area contributed by atoms with Crippen LogP contribution in [0, 0.1) is 0 Å². The molecule has 16 heavy (non-hydrogen) atoms. The van der Waals surface area contributed by atoms with Gasteiger partial charge in [-0.05, 0) is 18.2 Å². The molecule has 2 aromatic rings. The summed E-state index contributed by atoms with van der Waals surface area (Å²) in [6, 6.07) is 7.13. The Balaban J connectivity index is 2.30. The Morgan fingerprint density at radius 2 is 1.94 bits per heavy atom. The van der Waals surface area contributed by atoms with Crippen molar-refractivity contribution >= 4 is 50.6 Å². The SMILES string of the molecule is Clc1cc(Nc2cc(Br)ccc2Cl)ncn1. The van der Waals surface area contributed by atoms with E-state index in [4.69, 9.17) is 23.2 Å². The second kappa shape index (κ2) is 4.99. The Morgan fingerprint density at radius 1 is 1.12 bits per heavy atom. The fourth-order valence-electron chi connectivity index (χ4n) is 1.13. The topological polar surface area (TPSA) is 37.8 Å². The van der Waals surface area contributed by atoms with Crippen LogP contribution in [0.1, 0.15) is 0 Å². The van der Waals surface area contributed by atoms with E-state index in [0.717, 1.165) is 10.2 Å². The molecule has 0 aliphatic carbocycles. The van der Waals surface area contributed by atoms with Gasteiger partial charge in [0.15, 0.2) is 0 Å². The lowest BCUT2D eigenvalue weighted by Crippen LogP contribution is -1.94. The number of nitrogens with zero attached hydrogens (tertiary/aromatic N) is 2. The first-order valence-electron chi connectivity index (χ1n) is 4.35. The lowest BCUT2D eigenvalue weighted by molar-refractivity contribution is 1.17. The molecule has 0 aliphatic heterocycles. The maximum absolute atomic E-state index is 6.03. The van der Waals surface area contributed by atoms with Crippen LogP contribution in [0.15, 0.2) is 35.1 Å². The summed E-state index contributed by atoms with van der Waals surface area (Å²) in [4.78, 5) is 7.82. The van der Waals surface area contributed by atoms with Crippen LogP contribution in [0.5, 0.6) is 0 Å². The van der Waals surface area contributed by atoms with Crippen LogP contribution in [0.4, 0.5) is 11.5 Å². The first-order chi connectivity index (χ1) is 7.65. The van der Waals surface area contributed by atoms with Gasteiger partial charge in [0.05, 0.1) is 10.7 Å². The van der Waals surface area contributed by atoms with Gasteiger partial charge in [-0.2, -0.15) is 0 Å². The van der Waals surface area contributed by atoms with E-state index in [0.29, 0.717) is 16.0 Å². The smallest absolute Gasteiger partial charge is 0.135 e. The monoisotopic (exact) mass is 317 g/mol. The number of rotatable bonds is 2. The molecule has 0 saturated carbocycles. The fourth-order valence-corrected chi connectivity index (χ4v) is 1.81. The molecule has 0 saturated heterocycles. The molecule has 0 bridgehead atoms. The Bertz CT molecular complexity index is 519. The number of hydrogen-bond donors (Lipinski definition) is 1. The molecule has 1 aromatic carbocycles. The Hall–Kier alpha value is -0.840. The van der Waals surface area contributed by atoms with Crippen molar-refractivity contribution in [2.75, 3.05) is 5.32 Å². The summed E-state index contributed by atoms with van der Waals surface area (Å²) in [5, 5.41) is 4.04. The first-order valence-corrected chi connectivity index (χ1v) is 5.89. The highest BCUT2D eigenvalue weighted by atomic mass is 79.9. The van der Waals surface area contributed by atoms with E-state index in [1.54, 1.807) is 12.1 Å². The quantitative estimate of drug-likeness (QED) is 0.839. The van der Waals surface area contributed by atoms with Gasteiger partial charge < -0.3 is 5.32 Å². The van der Waals surface area contributed by atoms with Crippen molar-refractivity contribution in [1.29, 1.82) is 0 Å². The van der Waals surface area contributed by atoms with E-state index in [2.05, 4.69) is 31.2 Å². The highest BCUT2D eigenvalue weighted by Gasteiger charge is 2.03. The van der Waals surface area contributed by atoms with Gasteiger partial charge in [-0.1, -0.05) is 39.1 Å². The number of benzene rings is 1. The van der Waals surface area contributed by atoms with Crippen LogP contribution >= 0.6 is 39.1 Å². The normalized spacial score (nSPS) is 10.2. The van der Waals surface area contributed by atoms with E-state index in [1.165, 1.54) is 6.33 Å². The van der Waals surface area contributed by atoms with Crippen LogP contribution < -0.4 is 5.32 Å². The van der Waals surface area contributed by atoms with E-state index in [1.807, 2.05) is 12.1 Å². The molecule has 0 atom stereocenters. The highest BCUT2D eigenvalue weighted by molar-refractivity contribution is 9.10. The molecule has 1 N–H and O–H groups in total. The minimum absolute atomic E-state index is 0.378. The average Bonchev–Trinajstić information content (AvgIpc) is 2.24. The van der Waals surface area contributed by atoms with Crippen LogP contribution in [-0.2, 0) is 0 Å². The molecule has 0 aliphatic rings. The number of anilines is 2. The van der Waals surface area contributed by atoms with E-state index in [-0.39, 0.29) is 0 Å². The molecule has 0 radical (unpaired) electrons. The van der Waals surface area contributed by atoms with Crippen molar-refractivity contribution in [3.8, 4) is 0 Å². The molecule has 0 amide bonds. The van der Waals surface area contributed by atoms with Crippen LogP contribution in [-0.4, -0.2) is 9.97 Å². The summed E-state index contributed by atoms with van der Waals surface area (Å²) in [6.45, 7) is 0. The van der Waals surface area contributed by atoms with E-state index in [9.17, 15) is 0 Å². The van der Waals surface area contributed by atoms with E-state index < -0.39 is 0 Å². The van der Waals surface area contributed by atoms with Gasteiger partial charge in [-0.3, -0.25) is 0 Å². The molecule has 2 rings (SSSR count). The van der Waals surface area contributed by atoms with Gasteiger partial charge >= 0.3 is 0 Å². The highest BCUT2D eigenvalue weighted by Crippen LogP contribution is 2.28. The van der Waals surface area contributed by atoms with Gasteiger partial charge in [0.2, 0.25) is 0 Å². The van der Waals surface area contributed by atoms with Gasteiger partial charge in [-0.15, -0.1) is 0 Å². The summed E-state index contributed by atoms with van der Waals surface area (Å²) < 4.78 is 0.930. The molecule has 0 spiro atoms.